The van der Waals surface area contributed by atoms with Gasteiger partial charge < -0.3 is 19.1 Å². The van der Waals surface area contributed by atoms with Gasteiger partial charge in [-0.25, -0.2) is 0 Å². The first-order chi connectivity index (χ1) is 13.6. The number of amides is 1. The number of ether oxygens (including phenoxy) is 3. The predicted molar refractivity (Wildman–Crippen MR) is 115 cm³/mol. The van der Waals surface area contributed by atoms with Gasteiger partial charge in [0.2, 0.25) is 0 Å². The molecule has 5 nitrogen and oxygen atoms in total. The molecule has 1 aliphatic heterocycles. The molecule has 0 N–H and O–H groups in total. The molecule has 0 radical (unpaired) electrons. The number of fused-ring (bicyclic) bond motifs is 1. The normalized spacial score (nSPS) is 14.3. The van der Waals surface area contributed by atoms with Crippen molar-refractivity contribution < 1.29 is 19.0 Å². The lowest BCUT2D eigenvalue weighted by Gasteiger charge is -2.26. The third-order valence-corrected chi connectivity index (χ3v) is 6.47. The molecule has 1 aromatic heterocycles. The largest absolute Gasteiger partial charge is 0.493 e. The first kappa shape index (κ1) is 19.2. The van der Waals surface area contributed by atoms with E-state index in [9.17, 15) is 4.79 Å². The van der Waals surface area contributed by atoms with Crippen molar-refractivity contribution in [1.29, 1.82) is 0 Å². The number of carbonyl (C=O) groups excluding carboxylic acids is 1. The number of methoxy groups -OCH3 is 2. The second kappa shape index (κ2) is 8.11. The number of rotatable bonds is 4. The highest BCUT2D eigenvalue weighted by atomic mass is 79.9. The fraction of sp³-hybridized carbons (Fsp3) is 0.286. The van der Waals surface area contributed by atoms with Gasteiger partial charge in [0.25, 0.3) is 5.91 Å². The van der Waals surface area contributed by atoms with Gasteiger partial charge >= 0.3 is 0 Å². The van der Waals surface area contributed by atoms with Crippen LogP contribution in [0.1, 0.15) is 9.67 Å². The molecule has 4 rings (SSSR count). The molecule has 0 saturated carbocycles. The van der Waals surface area contributed by atoms with E-state index in [0.717, 1.165) is 30.6 Å². The standard InChI is InChI=1S/C21H20BrNO4S/c1-25-16-5-3-13(11-17(16)26-2)19-15-12-14(22)4-6-18(15)28-20(19)21(24)23-7-9-27-10-8-23/h3-6,11-12H,7-10H2,1-2H3. The molecule has 1 fully saturated rings. The summed E-state index contributed by atoms with van der Waals surface area (Å²) in [6, 6.07) is 11.9. The van der Waals surface area contributed by atoms with Crippen LogP contribution in [0.2, 0.25) is 0 Å². The van der Waals surface area contributed by atoms with Crippen molar-refractivity contribution in [3.8, 4) is 22.6 Å². The zero-order valence-corrected chi connectivity index (χ0v) is 18.1. The average Bonchev–Trinajstić information content (AvgIpc) is 3.11. The van der Waals surface area contributed by atoms with Gasteiger partial charge in [0.15, 0.2) is 11.5 Å². The maximum absolute atomic E-state index is 13.3. The number of benzene rings is 2. The van der Waals surface area contributed by atoms with E-state index in [0.29, 0.717) is 37.8 Å². The van der Waals surface area contributed by atoms with Crippen LogP contribution in [0, 0.1) is 0 Å². The summed E-state index contributed by atoms with van der Waals surface area (Å²) in [6.07, 6.45) is 0. The third-order valence-electron chi connectivity index (χ3n) is 4.81. The highest BCUT2D eigenvalue weighted by Crippen LogP contribution is 2.43. The quantitative estimate of drug-likeness (QED) is 0.558. The van der Waals surface area contributed by atoms with E-state index in [2.05, 4.69) is 22.0 Å². The van der Waals surface area contributed by atoms with Crippen LogP contribution in [-0.4, -0.2) is 51.3 Å². The van der Waals surface area contributed by atoms with E-state index in [1.165, 1.54) is 11.3 Å². The zero-order valence-electron chi connectivity index (χ0n) is 15.7. The first-order valence-corrected chi connectivity index (χ1v) is 10.5. The van der Waals surface area contributed by atoms with Crippen LogP contribution in [0.4, 0.5) is 0 Å². The lowest BCUT2D eigenvalue weighted by atomic mass is 10.0. The van der Waals surface area contributed by atoms with Crippen molar-refractivity contribution in [3.63, 3.8) is 0 Å². The molecule has 7 heteroatoms. The van der Waals surface area contributed by atoms with E-state index >= 15 is 0 Å². The van der Waals surface area contributed by atoms with Gasteiger partial charge in [-0.05, 0) is 35.9 Å². The van der Waals surface area contributed by atoms with E-state index < -0.39 is 0 Å². The molecule has 2 aromatic carbocycles. The molecule has 1 aliphatic rings. The van der Waals surface area contributed by atoms with Crippen molar-refractivity contribution in [2.75, 3.05) is 40.5 Å². The summed E-state index contributed by atoms with van der Waals surface area (Å²) >= 11 is 5.09. The third kappa shape index (κ3) is 3.50. The smallest absolute Gasteiger partial charge is 0.264 e. The Hall–Kier alpha value is -2.09. The number of hydrogen-bond donors (Lipinski definition) is 0. The Bertz CT molecular complexity index is 1030. The Kier molecular flexibility index (Phi) is 5.57. The van der Waals surface area contributed by atoms with Crippen molar-refractivity contribution in [2.45, 2.75) is 0 Å². The molecule has 1 saturated heterocycles. The van der Waals surface area contributed by atoms with E-state index in [4.69, 9.17) is 14.2 Å². The monoisotopic (exact) mass is 461 g/mol. The number of nitrogens with zero attached hydrogens (tertiary/aromatic N) is 1. The topological polar surface area (TPSA) is 48.0 Å². The molecule has 0 spiro atoms. The molecular weight excluding hydrogens is 442 g/mol. The lowest BCUT2D eigenvalue weighted by Crippen LogP contribution is -2.40. The first-order valence-electron chi connectivity index (χ1n) is 8.94. The minimum Gasteiger partial charge on any atom is -0.493 e. The van der Waals surface area contributed by atoms with Crippen LogP contribution in [0.5, 0.6) is 11.5 Å². The Morgan fingerprint density at radius 2 is 1.82 bits per heavy atom. The number of carbonyl (C=O) groups is 1. The number of halogens is 1. The summed E-state index contributed by atoms with van der Waals surface area (Å²) in [5.41, 5.74) is 1.86. The van der Waals surface area contributed by atoms with Gasteiger partial charge in [0.1, 0.15) is 4.88 Å². The van der Waals surface area contributed by atoms with Crippen LogP contribution in [0.25, 0.3) is 21.2 Å². The van der Waals surface area contributed by atoms with Gasteiger partial charge in [-0.15, -0.1) is 11.3 Å². The van der Waals surface area contributed by atoms with Crippen LogP contribution in [-0.2, 0) is 4.74 Å². The Morgan fingerprint density at radius 1 is 1.07 bits per heavy atom. The Morgan fingerprint density at radius 3 is 2.54 bits per heavy atom. The SMILES string of the molecule is COc1ccc(-c2c(C(=O)N3CCOCC3)sc3ccc(Br)cc23)cc1OC. The fourth-order valence-corrected chi connectivity index (χ4v) is 4.94. The summed E-state index contributed by atoms with van der Waals surface area (Å²) in [4.78, 5) is 15.9. The van der Waals surface area contributed by atoms with Crippen LogP contribution in [0.3, 0.4) is 0 Å². The average molecular weight is 462 g/mol. The summed E-state index contributed by atoms with van der Waals surface area (Å²) in [7, 11) is 3.23. The molecular formula is C21H20BrNO4S. The molecule has 0 unspecified atom stereocenters. The predicted octanol–water partition coefficient (Wildman–Crippen LogP) is 4.82. The molecule has 0 bridgehead atoms. The maximum Gasteiger partial charge on any atom is 0.264 e. The highest BCUT2D eigenvalue weighted by molar-refractivity contribution is 9.10. The van der Waals surface area contributed by atoms with Crippen LogP contribution < -0.4 is 9.47 Å². The van der Waals surface area contributed by atoms with Gasteiger partial charge in [0.05, 0.1) is 27.4 Å². The van der Waals surface area contributed by atoms with Crippen LogP contribution in [0.15, 0.2) is 40.9 Å². The summed E-state index contributed by atoms with van der Waals surface area (Å²) in [6.45, 7) is 2.38. The summed E-state index contributed by atoms with van der Waals surface area (Å²) in [5.74, 6) is 1.34. The molecule has 1 amide bonds. The molecule has 28 heavy (non-hydrogen) atoms. The van der Waals surface area contributed by atoms with Crippen molar-refractivity contribution >= 4 is 43.3 Å². The molecule has 3 aromatic rings. The fourth-order valence-electron chi connectivity index (χ4n) is 3.41. The zero-order chi connectivity index (χ0) is 19.7. The van der Waals surface area contributed by atoms with E-state index in [-0.39, 0.29) is 5.91 Å². The Labute approximate surface area is 175 Å². The van der Waals surface area contributed by atoms with Crippen molar-refractivity contribution in [1.82, 2.24) is 4.90 Å². The molecule has 2 heterocycles. The highest BCUT2D eigenvalue weighted by Gasteiger charge is 2.26. The summed E-state index contributed by atoms with van der Waals surface area (Å²) in [5, 5.41) is 1.04. The van der Waals surface area contributed by atoms with Crippen LogP contribution >= 0.6 is 27.3 Å². The van der Waals surface area contributed by atoms with Gasteiger partial charge in [-0.3, -0.25) is 4.79 Å². The van der Waals surface area contributed by atoms with Crippen molar-refractivity contribution in [2.24, 2.45) is 0 Å². The van der Waals surface area contributed by atoms with Crippen molar-refractivity contribution in [3.05, 3.63) is 45.7 Å². The van der Waals surface area contributed by atoms with Gasteiger partial charge in [-0.1, -0.05) is 22.0 Å². The van der Waals surface area contributed by atoms with Gasteiger partial charge in [-0.2, -0.15) is 0 Å². The summed E-state index contributed by atoms with van der Waals surface area (Å²) < 4.78 is 18.3. The minimum absolute atomic E-state index is 0.0467. The second-order valence-corrected chi connectivity index (χ2v) is 8.39. The van der Waals surface area contributed by atoms with Gasteiger partial charge in [0, 0.05) is 33.2 Å². The number of hydrogen-bond acceptors (Lipinski definition) is 5. The molecule has 0 aliphatic carbocycles. The Balaban J connectivity index is 1.90. The minimum atomic E-state index is 0.0467. The lowest BCUT2D eigenvalue weighted by molar-refractivity contribution is 0.0306. The maximum atomic E-state index is 13.3. The molecule has 0 atom stereocenters. The van der Waals surface area contributed by atoms with E-state index in [1.807, 2.05) is 35.2 Å². The number of thiophene rings is 1. The number of morpholine rings is 1. The second-order valence-electron chi connectivity index (χ2n) is 6.42. The molecule has 146 valence electrons. The van der Waals surface area contributed by atoms with E-state index in [1.54, 1.807) is 14.2 Å².